The number of carboxylic acids is 1. The van der Waals surface area contributed by atoms with Gasteiger partial charge in [0.15, 0.2) is 0 Å². The average molecular weight is 227 g/mol. The van der Waals surface area contributed by atoms with Gasteiger partial charge in [0.1, 0.15) is 5.75 Å². The smallest absolute Gasteiger partial charge is 0.119 e. The van der Waals surface area contributed by atoms with Gasteiger partial charge in [-0.05, 0) is 28.8 Å². The van der Waals surface area contributed by atoms with Crippen LogP contribution in [0.4, 0.5) is 0 Å². The summed E-state index contributed by atoms with van der Waals surface area (Å²) >= 11 is 0. The number of aromatic carboxylic acids is 1. The maximum atomic E-state index is 10.6. The first kappa shape index (κ1) is 11.2. The second-order valence-electron chi connectivity index (χ2n) is 3.60. The molecule has 0 aliphatic heterocycles. The van der Waals surface area contributed by atoms with Crippen molar-refractivity contribution in [3.8, 4) is 16.9 Å². The third-order valence-corrected chi connectivity index (χ3v) is 2.52. The van der Waals surface area contributed by atoms with Gasteiger partial charge in [-0.15, -0.1) is 0 Å². The Hall–Kier alpha value is -2.29. The summed E-state index contributed by atoms with van der Waals surface area (Å²) in [5.41, 5.74) is 2.10. The molecule has 0 amide bonds. The molecule has 2 rings (SSSR count). The van der Waals surface area contributed by atoms with Gasteiger partial charge in [-0.3, -0.25) is 0 Å². The molecule has 2 aromatic carbocycles. The summed E-state index contributed by atoms with van der Waals surface area (Å²) in [7, 11) is 1.61. The minimum atomic E-state index is -1.16. The molecule has 3 nitrogen and oxygen atoms in total. The number of carbonyl (C=O) groups excluding carboxylic acids is 1. The topological polar surface area (TPSA) is 49.4 Å². The maximum absolute atomic E-state index is 10.6. The molecule has 0 N–H and O–H groups in total. The zero-order valence-electron chi connectivity index (χ0n) is 9.34. The molecule has 0 atom stereocenters. The molecule has 0 heterocycles. The van der Waals surface area contributed by atoms with Crippen molar-refractivity contribution in [1.82, 2.24) is 0 Å². The number of benzene rings is 2. The van der Waals surface area contributed by atoms with Gasteiger partial charge >= 0.3 is 0 Å². The Morgan fingerprint density at radius 3 is 2.35 bits per heavy atom. The molecule has 0 aliphatic carbocycles. The van der Waals surface area contributed by atoms with Crippen LogP contribution in [0.15, 0.2) is 48.5 Å². The monoisotopic (exact) mass is 227 g/mol. The Morgan fingerprint density at radius 2 is 1.76 bits per heavy atom. The summed E-state index contributed by atoms with van der Waals surface area (Å²) in [6.45, 7) is 0. The molecule has 86 valence electrons. The summed E-state index contributed by atoms with van der Waals surface area (Å²) in [6, 6.07) is 14.2. The van der Waals surface area contributed by atoms with Gasteiger partial charge in [-0.2, -0.15) is 0 Å². The zero-order valence-corrected chi connectivity index (χ0v) is 9.34. The average Bonchev–Trinajstić information content (AvgIpc) is 2.39. The SMILES string of the molecule is COc1cccc(-c2ccc(C(=O)[O-])cc2)c1. The van der Waals surface area contributed by atoms with E-state index in [2.05, 4.69) is 0 Å². The maximum Gasteiger partial charge on any atom is 0.119 e. The van der Waals surface area contributed by atoms with Crippen molar-refractivity contribution in [2.75, 3.05) is 7.11 Å². The number of carboxylic acid groups (broad SMARTS) is 1. The van der Waals surface area contributed by atoms with Crippen LogP contribution in [-0.2, 0) is 0 Å². The highest BCUT2D eigenvalue weighted by atomic mass is 16.5. The van der Waals surface area contributed by atoms with Crippen molar-refractivity contribution in [1.29, 1.82) is 0 Å². The van der Waals surface area contributed by atoms with Gasteiger partial charge in [0, 0.05) is 0 Å². The van der Waals surface area contributed by atoms with Crippen LogP contribution in [0.2, 0.25) is 0 Å². The van der Waals surface area contributed by atoms with Crippen LogP contribution in [0.5, 0.6) is 5.75 Å². The van der Waals surface area contributed by atoms with Crippen molar-refractivity contribution in [2.24, 2.45) is 0 Å². The minimum absolute atomic E-state index is 0.177. The molecule has 0 bridgehead atoms. The van der Waals surface area contributed by atoms with Crippen molar-refractivity contribution in [2.45, 2.75) is 0 Å². The fraction of sp³-hybridized carbons (Fsp3) is 0.0714. The number of carbonyl (C=O) groups is 1. The van der Waals surface area contributed by atoms with Crippen LogP contribution >= 0.6 is 0 Å². The largest absolute Gasteiger partial charge is 0.545 e. The molecule has 0 radical (unpaired) electrons. The van der Waals surface area contributed by atoms with Gasteiger partial charge in [0.25, 0.3) is 0 Å². The first-order valence-electron chi connectivity index (χ1n) is 5.16. The predicted molar refractivity (Wildman–Crippen MR) is 62.8 cm³/mol. The molecule has 0 aliphatic rings. The second-order valence-corrected chi connectivity index (χ2v) is 3.60. The predicted octanol–water partition coefficient (Wildman–Crippen LogP) is 1.73. The van der Waals surface area contributed by atoms with E-state index >= 15 is 0 Å². The van der Waals surface area contributed by atoms with Crippen LogP contribution in [0.25, 0.3) is 11.1 Å². The van der Waals surface area contributed by atoms with Gasteiger partial charge in [-0.25, -0.2) is 0 Å². The fourth-order valence-electron chi connectivity index (χ4n) is 1.60. The molecule has 0 aromatic heterocycles. The van der Waals surface area contributed by atoms with Crippen molar-refractivity contribution >= 4 is 5.97 Å². The highest BCUT2D eigenvalue weighted by molar-refractivity contribution is 5.86. The van der Waals surface area contributed by atoms with Gasteiger partial charge in [0.05, 0.1) is 13.1 Å². The highest BCUT2D eigenvalue weighted by Gasteiger charge is 2.00. The first-order chi connectivity index (χ1) is 8.20. The molecule has 0 fully saturated rings. The molecule has 2 aromatic rings. The first-order valence-corrected chi connectivity index (χ1v) is 5.16. The Bertz CT molecular complexity index is 529. The molecule has 0 spiro atoms. The lowest BCUT2D eigenvalue weighted by Gasteiger charge is -2.06. The number of methoxy groups -OCH3 is 1. The van der Waals surface area contributed by atoms with E-state index in [0.29, 0.717) is 0 Å². The van der Waals surface area contributed by atoms with Crippen LogP contribution in [0, 0.1) is 0 Å². The summed E-state index contributed by atoms with van der Waals surface area (Å²) in [4.78, 5) is 10.6. The van der Waals surface area contributed by atoms with Crippen molar-refractivity contribution in [3.05, 3.63) is 54.1 Å². The van der Waals surface area contributed by atoms with E-state index in [1.807, 2.05) is 24.3 Å². The van der Waals surface area contributed by atoms with Crippen LogP contribution in [0.3, 0.4) is 0 Å². The quantitative estimate of drug-likeness (QED) is 0.802. The van der Waals surface area contributed by atoms with Crippen molar-refractivity contribution < 1.29 is 14.6 Å². The van der Waals surface area contributed by atoms with E-state index in [1.165, 1.54) is 12.1 Å². The third kappa shape index (κ3) is 2.45. The summed E-state index contributed by atoms with van der Waals surface area (Å²) in [5, 5.41) is 10.6. The highest BCUT2D eigenvalue weighted by Crippen LogP contribution is 2.23. The van der Waals surface area contributed by atoms with Crippen LogP contribution in [0.1, 0.15) is 10.4 Å². The van der Waals surface area contributed by atoms with E-state index in [9.17, 15) is 9.90 Å². The Morgan fingerprint density at radius 1 is 1.06 bits per heavy atom. The molecule has 0 saturated carbocycles. The number of rotatable bonds is 3. The lowest BCUT2D eigenvalue weighted by atomic mass is 10.0. The molecule has 0 saturated heterocycles. The van der Waals surface area contributed by atoms with Gasteiger partial charge < -0.3 is 14.6 Å². The zero-order chi connectivity index (χ0) is 12.3. The standard InChI is InChI=1S/C14H12O3/c1-17-13-4-2-3-12(9-13)10-5-7-11(8-6-10)14(15)16/h2-9H,1H3,(H,15,16)/p-1. The molecular formula is C14H11O3-. The van der Waals surface area contributed by atoms with Crippen molar-refractivity contribution in [3.63, 3.8) is 0 Å². The summed E-state index contributed by atoms with van der Waals surface area (Å²) in [6.07, 6.45) is 0. The summed E-state index contributed by atoms with van der Waals surface area (Å²) < 4.78 is 5.13. The van der Waals surface area contributed by atoms with E-state index in [1.54, 1.807) is 19.2 Å². The number of ether oxygens (including phenoxy) is 1. The lowest BCUT2D eigenvalue weighted by Crippen LogP contribution is -2.21. The third-order valence-electron chi connectivity index (χ3n) is 2.52. The van der Waals surface area contributed by atoms with Gasteiger partial charge in [-0.1, -0.05) is 36.4 Å². The van der Waals surface area contributed by atoms with Crippen LogP contribution < -0.4 is 9.84 Å². The fourth-order valence-corrected chi connectivity index (χ4v) is 1.60. The second kappa shape index (κ2) is 4.70. The number of hydrogen-bond acceptors (Lipinski definition) is 3. The Kier molecular flexibility index (Phi) is 3.10. The lowest BCUT2D eigenvalue weighted by molar-refractivity contribution is -0.255. The molecule has 3 heteroatoms. The Balaban J connectivity index is 2.36. The molecular weight excluding hydrogens is 216 g/mol. The van der Waals surface area contributed by atoms with Crippen LogP contribution in [-0.4, -0.2) is 13.1 Å². The molecule has 0 unspecified atom stereocenters. The normalized spacial score (nSPS) is 9.94. The van der Waals surface area contributed by atoms with Gasteiger partial charge in [0.2, 0.25) is 0 Å². The van der Waals surface area contributed by atoms with E-state index < -0.39 is 5.97 Å². The van der Waals surface area contributed by atoms with E-state index in [-0.39, 0.29) is 5.56 Å². The van der Waals surface area contributed by atoms with E-state index in [0.717, 1.165) is 16.9 Å². The Labute approximate surface area is 99.3 Å². The minimum Gasteiger partial charge on any atom is -0.545 e. The summed E-state index contributed by atoms with van der Waals surface area (Å²) in [5.74, 6) is -0.395. The number of hydrogen-bond donors (Lipinski definition) is 0. The van der Waals surface area contributed by atoms with E-state index in [4.69, 9.17) is 4.74 Å². The molecule has 17 heavy (non-hydrogen) atoms.